The van der Waals surface area contributed by atoms with Gasteiger partial charge in [-0.3, -0.25) is 4.79 Å². The fourth-order valence-corrected chi connectivity index (χ4v) is 3.88. The van der Waals surface area contributed by atoms with Gasteiger partial charge in [0.1, 0.15) is 11.3 Å². The number of methoxy groups -OCH3 is 1. The summed E-state index contributed by atoms with van der Waals surface area (Å²) >= 11 is 5.02. The number of thiazole rings is 1. The third-order valence-corrected chi connectivity index (χ3v) is 5.63. The number of halogens is 1. The van der Waals surface area contributed by atoms with Gasteiger partial charge in [-0.2, -0.15) is 0 Å². The number of nitrogen functional groups attached to an aromatic ring is 1. The summed E-state index contributed by atoms with van der Waals surface area (Å²) in [5.74, 6) is 0.789. The monoisotopic (exact) mass is 420 g/mol. The van der Waals surface area contributed by atoms with Gasteiger partial charge in [0.2, 0.25) is 5.78 Å². The van der Waals surface area contributed by atoms with Crippen molar-refractivity contribution in [2.24, 2.45) is 0 Å². The number of hydrogen-bond acceptors (Lipinski definition) is 6. The van der Waals surface area contributed by atoms with Crippen LogP contribution in [0.3, 0.4) is 0 Å². The normalized spacial score (nSPS) is 11.7. The van der Waals surface area contributed by atoms with Crippen molar-refractivity contribution in [1.29, 1.82) is 0 Å². The number of ketones is 1. The number of nitrogens with zero attached hydrogens (tertiary/aromatic N) is 1. The zero-order valence-corrected chi connectivity index (χ0v) is 16.4. The predicted molar refractivity (Wildman–Crippen MR) is 104 cm³/mol. The Bertz CT molecular complexity index is 972. The molecule has 0 aliphatic heterocycles. The highest BCUT2D eigenvalue weighted by atomic mass is 79.9. The summed E-state index contributed by atoms with van der Waals surface area (Å²) in [5, 5.41) is 3.58. The van der Waals surface area contributed by atoms with Crippen LogP contribution in [0.4, 0.5) is 5.69 Å². The van der Waals surface area contributed by atoms with Gasteiger partial charge in [-0.1, -0.05) is 13.8 Å². The minimum Gasteiger partial charge on any atom is -0.496 e. The van der Waals surface area contributed by atoms with E-state index in [1.807, 2.05) is 5.38 Å². The Morgan fingerprint density at radius 2 is 2.20 bits per heavy atom. The average molecular weight is 421 g/mol. The number of rotatable bonds is 5. The molecule has 0 radical (unpaired) electrons. The highest BCUT2D eigenvalue weighted by Gasteiger charge is 2.20. The molecule has 2 N–H and O–H groups in total. The average Bonchev–Trinajstić information content (AvgIpc) is 3.18. The Kier molecular flexibility index (Phi) is 4.96. The van der Waals surface area contributed by atoms with Crippen LogP contribution in [0.25, 0.3) is 17.0 Å². The third kappa shape index (κ3) is 3.34. The molecule has 0 aliphatic rings. The van der Waals surface area contributed by atoms with Gasteiger partial charge in [-0.15, -0.1) is 11.3 Å². The molecule has 0 unspecified atom stereocenters. The Morgan fingerprint density at radius 3 is 2.84 bits per heavy atom. The molecule has 130 valence electrons. The Balaban J connectivity index is 1.93. The molecule has 3 rings (SSSR count). The summed E-state index contributed by atoms with van der Waals surface area (Å²) < 4.78 is 11.6. The van der Waals surface area contributed by atoms with Crippen molar-refractivity contribution in [1.82, 2.24) is 4.98 Å². The summed E-state index contributed by atoms with van der Waals surface area (Å²) in [7, 11) is 1.57. The summed E-state index contributed by atoms with van der Waals surface area (Å²) in [6, 6.07) is 3.48. The number of nitrogens with two attached hydrogens (primary N) is 1. The maximum Gasteiger partial charge on any atom is 0.223 e. The van der Waals surface area contributed by atoms with Crippen LogP contribution in [0, 0.1) is 0 Å². The molecular weight excluding hydrogens is 404 g/mol. The molecule has 0 amide bonds. The van der Waals surface area contributed by atoms with Crippen molar-refractivity contribution >= 4 is 55.8 Å². The Labute approximate surface area is 157 Å². The molecular formula is C18H17BrN2O3S. The van der Waals surface area contributed by atoms with Crippen molar-refractivity contribution in [3.05, 3.63) is 44.5 Å². The summed E-state index contributed by atoms with van der Waals surface area (Å²) in [6.45, 7) is 4.16. The van der Waals surface area contributed by atoms with Crippen LogP contribution in [0.5, 0.6) is 5.75 Å². The smallest absolute Gasteiger partial charge is 0.223 e. The molecule has 0 spiro atoms. The predicted octanol–water partition coefficient (Wildman–Crippen LogP) is 5.26. The molecule has 7 heteroatoms. The number of aromatic nitrogens is 1. The number of furan rings is 1. The number of carbonyl (C=O) groups excluding carboxylic acids is 1. The Hall–Kier alpha value is -2.12. The highest BCUT2D eigenvalue weighted by molar-refractivity contribution is 9.10. The van der Waals surface area contributed by atoms with Gasteiger partial charge in [0, 0.05) is 11.3 Å². The first kappa shape index (κ1) is 17.7. The van der Waals surface area contributed by atoms with Gasteiger partial charge in [-0.05, 0) is 40.2 Å². The first-order chi connectivity index (χ1) is 11.9. The fraction of sp³-hybridized carbons (Fsp3) is 0.222. The van der Waals surface area contributed by atoms with Crippen molar-refractivity contribution < 1.29 is 13.9 Å². The first-order valence-corrected chi connectivity index (χ1v) is 9.32. The third-order valence-electron chi connectivity index (χ3n) is 3.68. The lowest BCUT2D eigenvalue weighted by molar-refractivity contribution is 0.102. The van der Waals surface area contributed by atoms with E-state index < -0.39 is 0 Å². The van der Waals surface area contributed by atoms with Crippen LogP contribution >= 0.6 is 27.3 Å². The summed E-state index contributed by atoms with van der Waals surface area (Å²) in [5.41, 5.74) is 7.69. The van der Waals surface area contributed by atoms with Gasteiger partial charge in [-0.25, -0.2) is 4.98 Å². The lowest BCUT2D eigenvalue weighted by atomic mass is 10.2. The van der Waals surface area contributed by atoms with E-state index in [-0.39, 0.29) is 17.2 Å². The van der Waals surface area contributed by atoms with Crippen molar-refractivity contribution in [2.45, 2.75) is 19.8 Å². The number of fused-ring (bicyclic) bond motifs is 1. The van der Waals surface area contributed by atoms with Crippen molar-refractivity contribution in [3.63, 3.8) is 0 Å². The number of anilines is 1. The van der Waals surface area contributed by atoms with Crippen LogP contribution < -0.4 is 10.5 Å². The van der Waals surface area contributed by atoms with E-state index in [2.05, 4.69) is 34.8 Å². The molecule has 0 atom stereocenters. The second-order valence-electron chi connectivity index (χ2n) is 5.76. The first-order valence-electron chi connectivity index (χ1n) is 7.64. The molecule has 25 heavy (non-hydrogen) atoms. The maximum absolute atomic E-state index is 12.5. The van der Waals surface area contributed by atoms with E-state index in [1.165, 1.54) is 6.08 Å². The molecule has 0 saturated carbocycles. The molecule has 5 nitrogen and oxygen atoms in total. The second-order valence-corrected chi connectivity index (χ2v) is 7.45. The SMILES string of the molecule is COc1ccc2oc(C(=O)C=Cc3csc(C(C)C)n3)c(N)c2c1Br. The number of benzene rings is 1. The van der Waals surface area contributed by atoms with E-state index in [0.29, 0.717) is 27.1 Å². The van der Waals surface area contributed by atoms with Crippen molar-refractivity contribution in [3.8, 4) is 5.75 Å². The van der Waals surface area contributed by atoms with Gasteiger partial charge >= 0.3 is 0 Å². The molecule has 2 aromatic heterocycles. The van der Waals surface area contributed by atoms with Crippen LogP contribution in [0.2, 0.25) is 0 Å². The lowest BCUT2D eigenvalue weighted by Gasteiger charge is -2.03. The molecule has 2 heterocycles. The van der Waals surface area contributed by atoms with Gasteiger partial charge in [0.05, 0.1) is 33.4 Å². The maximum atomic E-state index is 12.5. The quantitative estimate of drug-likeness (QED) is 0.449. The number of allylic oxidation sites excluding steroid dienone is 1. The summed E-state index contributed by atoms with van der Waals surface area (Å²) in [6.07, 6.45) is 3.10. The Morgan fingerprint density at radius 1 is 1.44 bits per heavy atom. The van der Waals surface area contributed by atoms with E-state index >= 15 is 0 Å². The molecule has 0 bridgehead atoms. The zero-order chi connectivity index (χ0) is 18.1. The van der Waals surface area contributed by atoms with Crippen molar-refractivity contribution in [2.75, 3.05) is 12.8 Å². The molecule has 3 aromatic rings. The zero-order valence-electron chi connectivity index (χ0n) is 14.0. The topological polar surface area (TPSA) is 78.3 Å². The van der Waals surface area contributed by atoms with Gasteiger partial charge in [0.15, 0.2) is 5.76 Å². The van der Waals surface area contributed by atoms with Crippen LogP contribution in [0.15, 0.2) is 32.5 Å². The minimum atomic E-state index is -0.307. The second kappa shape index (κ2) is 7.01. The number of carbonyl (C=O) groups is 1. The minimum absolute atomic E-state index is 0.111. The van der Waals surface area contributed by atoms with Crippen LogP contribution in [-0.2, 0) is 0 Å². The molecule has 0 saturated heterocycles. The molecule has 0 aliphatic carbocycles. The number of hydrogen-bond donors (Lipinski definition) is 1. The molecule has 1 aromatic carbocycles. The standard InChI is InChI=1S/C18H17BrN2O3S/c1-9(2)18-21-10(8-25-18)4-5-11(22)17-16(20)14-12(24-17)6-7-13(23-3)15(14)19/h4-9H,20H2,1-3H3. The number of ether oxygens (including phenoxy) is 1. The van der Waals surface area contributed by atoms with Gasteiger partial charge < -0.3 is 14.9 Å². The van der Waals surface area contributed by atoms with Crippen LogP contribution in [0.1, 0.15) is 41.0 Å². The largest absolute Gasteiger partial charge is 0.496 e. The van der Waals surface area contributed by atoms with E-state index in [0.717, 1.165) is 10.7 Å². The summed E-state index contributed by atoms with van der Waals surface area (Å²) in [4.78, 5) is 17.0. The fourth-order valence-electron chi connectivity index (χ4n) is 2.37. The highest BCUT2D eigenvalue weighted by Crippen LogP contribution is 2.39. The molecule has 0 fully saturated rings. The van der Waals surface area contributed by atoms with E-state index in [9.17, 15) is 4.79 Å². The van der Waals surface area contributed by atoms with Crippen LogP contribution in [-0.4, -0.2) is 17.9 Å². The van der Waals surface area contributed by atoms with E-state index in [1.54, 1.807) is 36.7 Å². The van der Waals surface area contributed by atoms with Gasteiger partial charge in [0.25, 0.3) is 0 Å². The lowest BCUT2D eigenvalue weighted by Crippen LogP contribution is -1.97. The van der Waals surface area contributed by atoms with E-state index in [4.69, 9.17) is 14.9 Å².